The second kappa shape index (κ2) is 4.23. The Labute approximate surface area is 104 Å². The summed E-state index contributed by atoms with van der Waals surface area (Å²) in [5, 5.41) is 0. The van der Waals surface area contributed by atoms with Crippen LogP contribution in [0, 0.1) is 0 Å². The Balaban J connectivity index is 2.10. The highest BCUT2D eigenvalue weighted by Gasteiger charge is 2.11. The van der Waals surface area contributed by atoms with Gasteiger partial charge in [0.25, 0.3) is 0 Å². The average molecular weight is 242 g/mol. The predicted molar refractivity (Wildman–Crippen MR) is 68.8 cm³/mol. The van der Waals surface area contributed by atoms with Crippen LogP contribution < -0.4 is 5.73 Å². The van der Waals surface area contributed by atoms with E-state index in [4.69, 9.17) is 5.73 Å². The van der Waals surface area contributed by atoms with Crippen molar-refractivity contribution >= 4 is 11.0 Å². The molecule has 6 heteroatoms. The molecule has 0 atom stereocenters. The van der Waals surface area contributed by atoms with Crippen LogP contribution in [-0.2, 0) is 13.6 Å². The Bertz CT molecular complexity index is 681. The van der Waals surface area contributed by atoms with E-state index < -0.39 is 0 Å². The van der Waals surface area contributed by atoms with Gasteiger partial charge >= 0.3 is 0 Å². The molecule has 3 aromatic rings. The van der Waals surface area contributed by atoms with Crippen LogP contribution in [0.25, 0.3) is 22.6 Å². The van der Waals surface area contributed by atoms with E-state index in [1.54, 1.807) is 18.7 Å². The Hall–Kier alpha value is -2.21. The van der Waals surface area contributed by atoms with Gasteiger partial charge in [-0.15, -0.1) is 0 Å². The van der Waals surface area contributed by atoms with Crippen molar-refractivity contribution in [3.8, 4) is 11.5 Å². The maximum Gasteiger partial charge on any atom is 0.161 e. The zero-order valence-corrected chi connectivity index (χ0v) is 10.1. The zero-order valence-electron chi connectivity index (χ0n) is 10.1. The quantitative estimate of drug-likeness (QED) is 0.737. The third kappa shape index (κ3) is 1.67. The molecule has 0 amide bonds. The maximum absolute atomic E-state index is 5.52. The van der Waals surface area contributed by atoms with Crippen LogP contribution in [0.4, 0.5) is 0 Å². The minimum Gasteiger partial charge on any atom is -0.335 e. The van der Waals surface area contributed by atoms with Crippen LogP contribution in [0.1, 0.15) is 0 Å². The molecular formula is C12H14N6. The molecule has 0 aliphatic rings. The molecule has 0 saturated carbocycles. The van der Waals surface area contributed by atoms with E-state index in [1.807, 2.05) is 28.4 Å². The lowest BCUT2D eigenvalue weighted by Crippen LogP contribution is -2.07. The number of nitrogens with zero attached hydrogens (tertiary/aromatic N) is 5. The first-order valence-corrected chi connectivity index (χ1v) is 5.78. The van der Waals surface area contributed by atoms with Crippen molar-refractivity contribution in [2.45, 2.75) is 6.54 Å². The Kier molecular flexibility index (Phi) is 2.56. The largest absolute Gasteiger partial charge is 0.335 e. The van der Waals surface area contributed by atoms with Gasteiger partial charge in [0.15, 0.2) is 5.82 Å². The van der Waals surface area contributed by atoms with Crippen molar-refractivity contribution in [2.24, 2.45) is 12.8 Å². The number of hydrogen-bond donors (Lipinski definition) is 1. The first kappa shape index (κ1) is 10.9. The normalized spacial score (nSPS) is 11.2. The predicted octanol–water partition coefficient (Wildman–Crippen LogP) is 0.790. The van der Waals surface area contributed by atoms with Crippen molar-refractivity contribution in [3.63, 3.8) is 0 Å². The van der Waals surface area contributed by atoms with Gasteiger partial charge in [-0.05, 0) is 6.07 Å². The van der Waals surface area contributed by atoms with E-state index in [-0.39, 0.29) is 0 Å². The molecule has 0 aromatic carbocycles. The van der Waals surface area contributed by atoms with Crippen molar-refractivity contribution in [3.05, 3.63) is 31.0 Å². The summed E-state index contributed by atoms with van der Waals surface area (Å²) in [5.41, 5.74) is 8.30. The highest BCUT2D eigenvalue weighted by molar-refractivity contribution is 5.78. The van der Waals surface area contributed by atoms with Crippen molar-refractivity contribution in [1.82, 2.24) is 24.1 Å². The smallest absolute Gasteiger partial charge is 0.161 e. The summed E-state index contributed by atoms with van der Waals surface area (Å²) in [7, 11) is 1.98. The van der Waals surface area contributed by atoms with Crippen LogP contribution in [-0.4, -0.2) is 30.6 Å². The van der Waals surface area contributed by atoms with E-state index >= 15 is 0 Å². The molecule has 0 aliphatic carbocycles. The van der Waals surface area contributed by atoms with E-state index in [9.17, 15) is 0 Å². The topological polar surface area (TPSA) is 74.5 Å². The van der Waals surface area contributed by atoms with Gasteiger partial charge in [-0.3, -0.25) is 4.98 Å². The molecule has 3 heterocycles. The number of fused-ring (bicyclic) bond motifs is 1. The minimum absolute atomic E-state index is 0.599. The van der Waals surface area contributed by atoms with Gasteiger partial charge in [-0.25, -0.2) is 9.97 Å². The van der Waals surface area contributed by atoms with Crippen molar-refractivity contribution < 1.29 is 0 Å². The molecule has 18 heavy (non-hydrogen) atoms. The zero-order chi connectivity index (χ0) is 12.5. The van der Waals surface area contributed by atoms with Crippen LogP contribution in [0.2, 0.25) is 0 Å². The fourth-order valence-corrected chi connectivity index (χ4v) is 2.03. The first-order valence-electron chi connectivity index (χ1n) is 5.78. The molecule has 92 valence electrons. The molecule has 0 unspecified atom stereocenters. The molecular weight excluding hydrogens is 228 g/mol. The lowest BCUT2D eigenvalue weighted by Gasteiger charge is -1.98. The summed E-state index contributed by atoms with van der Waals surface area (Å²) >= 11 is 0. The number of aryl methyl sites for hydroxylation is 1. The molecule has 3 aromatic heterocycles. The lowest BCUT2D eigenvalue weighted by molar-refractivity contribution is 0.708. The molecule has 2 N–H and O–H groups in total. The molecule has 0 fully saturated rings. The third-order valence-corrected chi connectivity index (χ3v) is 2.93. The van der Waals surface area contributed by atoms with E-state index in [1.165, 1.54) is 0 Å². The van der Waals surface area contributed by atoms with Crippen LogP contribution in [0.15, 0.2) is 31.0 Å². The summed E-state index contributed by atoms with van der Waals surface area (Å²) in [6, 6.07) is 1.95. The number of imidazole rings is 2. The second-order valence-corrected chi connectivity index (χ2v) is 4.14. The van der Waals surface area contributed by atoms with Crippen molar-refractivity contribution in [1.29, 1.82) is 0 Å². The van der Waals surface area contributed by atoms with Gasteiger partial charge in [0.05, 0.1) is 18.0 Å². The number of rotatable bonds is 3. The molecule has 6 nitrogen and oxygen atoms in total. The summed E-state index contributed by atoms with van der Waals surface area (Å²) in [4.78, 5) is 13.0. The van der Waals surface area contributed by atoms with Gasteiger partial charge in [0.1, 0.15) is 11.2 Å². The Morgan fingerprint density at radius 1 is 1.39 bits per heavy atom. The fourth-order valence-electron chi connectivity index (χ4n) is 2.03. The molecule has 0 bridgehead atoms. The standard InChI is InChI=1S/C12H14N6/c1-17-11-2-4-14-6-9(11)16-12(17)10-7-18(5-3-13)8-15-10/h2,4,6-8H,3,5,13H2,1H3. The van der Waals surface area contributed by atoms with E-state index in [0.717, 1.165) is 29.1 Å². The van der Waals surface area contributed by atoms with E-state index in [2.05, 4.69) is 15.0 Å². The third-order valence-electron chi connectivity index (χ3n) is 2.93. The summed E-state index contributed by atoms with van der Waals surface area (Å²) in [6.45, 7) is 1.36. The molecule has 0 spiro atoms. The van der Waals surface area contributed by atoms with E-state index in [0.29, 0.717) is 6.54 Å². The molecule has 0 aliphatic heterocycles. The van der Waals surface area contributed by atoms with Gasteiger partial charge in [0.2, 0.25) is 0 Å². The van der Waals surface area contributed by atoms with Crippen molar-refractivity contribution in [2.75, 3.05) is 6.54 Å². The number of aromatic nitrogens is 5. The fraction of sp³-hybridized carbons (Fsp3) is 0.250. The highest BCUT2D eigenvalue weighted by atomic mass is 15.1. The van der Waals surface area contributed by atoms with Crippen LogP contribution in [0.5, 0.6) is 0 Å². The van der Waals surface area contributed by atoms with Gasteiger partial charge < -0.3 is 14.9 Å². The number of nitrogens with two attached hydrogens (primary N) is 1. The molecule has 0 saturated heterocycles. The van der Waals surface area contributed by atoms with Gasteiger partial charge in [0, 0.05) is 32.5 Å². The highest BCUT2D eigenvalue weighted by Crippen LogP contribution is 2.21. The average Bonchev–Trinajstić information content (AvgIpc) is 2.96. The van der Waals surface area contributed by atoms with Gasteiger partial charge in [-0.1, -0.05) is 0 Å². The molecule has 3 rings (SSSR count). The Morgan fingerprint density at radius 3 is 3.06 bits per heavy atom. The summed E-state index contributed by atoms with van der Waals surface area (Å²) in [6.07, 6.45) is 7.26. The van der Waals surface area contributed by atoms with Crippen LogP contribution >= 0.6 is 0 Å². The summed E-state index contributed by atoms with van der Waals surface area (Å²) in [5.74, 6) is 0.841. The number of hydrogen-bond acceptors (Lipinski definition) is 4. The SMILES string of the molecule is Cn1c(-c2cn(CCN)cn2)nc2cnccc21. The monoisotopic (exact) mass is 242 g/mol. The minimum atomic E-state index is 0.599. The lowest BCUT2D eigenvalue weighted by atomic mass is 10.4. The van der Waals surface area contributed by atoms with Gasteiger partial charge in [-0.2, -0.15) is 0 Å². The first-order chi connectivity index (χ1) is 8.79. The van der Waals surface area contributed by atoms with Crippen LogP contribution in [0.3, 0.4) is 0 Å². The maximum atomic E-state index is 5.52. The second-order valence-electron chi connectivity index (χ2n) is 4.14. The number of pyridine rings is 1. The molecule has 0 radical (unpaired) electrons. The Morgan fingerprint density at radius 2 is 2.28 bits per heavy atom. The summed E-state index contributed by atoms with van der Waals surface area (Å²) < 4.78 is 3.99.